The van der Waals surface area contributed by atoms with Gasteiger partial charge in [0.1, 0.15) is 5.78 Å². The largest absolute Gasteiger partial charge is 0.299 e. The molecule has 0 heterocycles. The Kier molecular flexibility index (Phi) is 2.57. The number of Topliss-reactive ketones (excluding diaryl/α,β-unsaturated/α-hetero) is 1. The Morgan fingerprint density at radius 1 is 1.18 bits per heavy atom. The summed E-state index contributed by atoms with van der Waals surface area (Å²) in [5, 5.41) is 0. The van der Waals surface area contributed by atoms with E-state index in [1.807, 2.05) is 0 Å². The van der Waals surface area contributed by atoms with Crippen molar-refractivity contribution in [3.63, 3.8) is 0 Å². The lowest BCUT2D eigenvalue weighted by Gasteiger charge is -2.20. The summed E-state index contributed by atoms with van der Waals surface area (Å²) in [5.41, 5.74) is 2.72. The van der Waals surface area contributed by atoms with E-state index in [0.717, 1.165) is 12.8 Å². The van der Waals surface area contributed by atoms with Crippen molar-refractivity contribution in [3.05, 3.63) is 35.4 Å². The van der Waals surface area contributed by atoms with Gasteiger partial charge in [0.15, 0.2) is 0 Å². The summed E-state index contributed by atoms with van der Waals surface area (Å²) in [7, 11) is 0. The molecule has 2 saturated carbocycles. The summed E-state index contributed by atoms with van der Waals surface area (Å²) < 4.78 is 0. The average Bonchev–Trinajstić information content (AvgIpc) is 2.98. The molecule has 0 radical (unpaired) electrons. The summed E-state index contributed by atoms with van der Waals surface area (Å²) in [5.74, 6) is 1.07. The monoisotopic (exact) mass is 228 g/mol. The number of carbonyl (C=O) groups is 1. The number of benzene rings is 1. The van der Waals surface area contributed by atoms with Crippen molar-refractivity contribution < 1.29 is 4.79 Å². The van der Waals surface area contributed by atoms with Gasteiger partial charge < -0.3 is 0 Å². The minimum atomic E-state index is -0.0980. The summed E-state index contributed by atoms with van der Waals surface area (Å²) in [4.78, 5) is 11.9. The highest BCUT2D eigenvalue weighted by molar-refractivity contribution is 5.91. The lowest BCUT2D eigenvalue weighted by molar-refractivity contribution is -0.119. The van der Waals surface area contributed by atoms with E-state index in [1.165, 1.54) is 36.8 Å². The van der Waals surface area contributed by atoms with E-state index in [-0.39, 0.29) is 5.41 Å². The predicted octanol–water partition coefficient (Wildman–Crippen LogP) is 3.96. The molecule has 0 saturated heterocycles. The van der Waals surface area contributed by atoms with Crippen molar-refractivity contribution in [2.75, 3.05) is 0 Å². The van der Waals surface area contributed by atoms with Crippen LogP contribution in [0.4, 0.5) is 0 Å². The minimum Gasteiger partial charge on any atom is -0.299 e. The molecule has 1 heteroatoms. The average molecular weight is 228 g/mol. The molecule has 1 nitrogen and oxygen atoms in total. The van der Waals surface area contributed by atoms with Crippen molar-refractivity contribution in [2.24, 2.45) is 0 Å². The van der Waals surface area contributed by atoms with E-state index in [4.69, 9.17) is 0 Å². The van der Waals surface area contributed by atoms with Crippen molar-refractivity contribution in [3.8, 4) is 0 Å². The van der Waals surface area contributed by atoms with Crippen molar-refractivity contribution in [1.82, 2.24) is 0 Å². The molecule has 90 valence electrons. The molecule has 1 aromatic rings. The second-order valence-electron chi connectivity index (χ2n) is 5.71. The van der Waals surface area contributed by atoms with Gasteiger partial charge in [0, 0.05) is 0 Å². The van der Waals surface area contributed by atoms with Crippen LogP contribution in [0.5, 0.6) is 0 Å². The Bertz CT molecular complexity index is 437. The molecule has 1 aromatic carbocycles. The molecule has 17 heavy (non-hydrogen) atoms. The molecule has 0 atom stereocenters. The van der Waals surface area contributed by atoms with E-state index in [2.05, 4.69) is 24.3 Å². The maximum atomic E-state index is 11.9. The van der Waals surface area contributed by atoms with E-state index < -0.39 is 0 Å². The fourth-order valence-corrected chi connectivity index (χ4v) is 3.46. The van der Waals surface area contributed by atoms with Crippen LogP contribution in [0.15, 0.2) is 24.3 Å². The Morgan fingerprint density at radius 3 is 2.41 bits per heavy atom. The van der Waals surface area contributed by atoms with Crippen molar-refractivity contribution >= 4 is 5.78 Å². The molecule has 0 aromatic heterocycles. The van der Waals surface area contributed by atoms with Gasteiger partial charge in [-0.2, -0.15) is 0 Å². The molecule has 0 aliphatic heterocycles. The van der Waals surface area contributed by atoms with Gasteiger partial charge in [0.25, 0.3) is 0 Å². The van der Waals surface area contributed by atoms with Crippen LogP contribution < -0.4 is 0 Å². The zero-order valence-corrected chi connectivity index (χ0v) is 10.5. The minimum absolute atomic E-state index is 0.0980. The molecular formula is C16H20O. The number of hydrogen-bond donors (Lipinski definition) is 0. The van der Waals surface area contributed by atoms with Crippen LogP contribution in [0.25, 0.3) is 0 Å². The zero-order valence-electron chi connectivity index (χ0n) is 10.5. The zero-order chi connectivity index (χ0) is 11.9. The topological polar surface area (TPSA) is 17.1 Å². The third-order valence-electron chi connectivity index (χ3n) is 4.70. The van der Waals surface area contributed by atoms with Crippen molar-refractivity contribution in [1.29, 1.82) is 0 Å². The molecule has 3 rings (SSSR count). The number of hydrogen-bond acceptors (Lipinski definition) is 1. The first kappa shape index (κ1) is 11.0. The molecule has 0 unspecified atom stereocenters. The van der Waals surface area contributed by atoms with E-state index in [1.54, 1.807) is 6.92 Å². The summed E-state index contributed by atoms with van der Waals surface area (Å²) in [6.07, 6.45) is 7.45. The van der Waals surface area contributed by atoms with Crippen LogP contribution in [0.2, 0.25) is 0 Å². The lowest BCUT2D eigenvalue weighted by Crippen LogP contribution is -2.19. The molecule has 0 bridgehead atoms. The first-order chi connectivity index (χ1) is 8.24. The first-order valence-corrected chi connectivity index (χ1v) is 6.84. The number of carbonyl (C=O) groups excluding carboxylic acids is 1. The first-order valence-electron chi connectivity index (χ1n) is 6.84. The van der Waals surface area contributed by atoms with Gasteiger partial charge in [-0.05, 0) is 49.7 Å². The van der Waals surface area contributed by atoms with Crippen LogP contribution in [0.3, 0.4) is 0 Å². The Labute approximate surface area is 103 Å². The number of ketones is 1. The molecule has 2 fully saturated rings. The van der Waals surface area contributed by atoms with Gasteiger partial charge in [-0.25, -0.2) is 0 Å². The molecular weight excluding hydrogens is 208 g/mol. The molecule has 0 amide bonds. The SMILES string of the molecule is CC(=O)C1(c2ccccc2C2CCCC2)CC1. The van der Waals surface area contributed by atoms with Crippen LogP contribution in [-0.4, -0.2) is 5.78 Å². The second-order valence-corrected chi connectivity index (χ2v) is 5.71. The standard InChI is InChI=1S/C16H20O/c1-12(17)16(10-11-16)15-9-5-4-8-14(15)13-6-2-3-7-13/h4-5,8-9,13H,2-3,6-7,10-11H2,1H3. The van der Waals surface area contributed by atoms with Crippen LogP contribution in [-0.2, 0) is 10.2 Å². The van der Waals surface area contributed by atoms with Crippen LogP contribution in [0, 0.1) is 0 Å². The Balaban J connectivity index is 2.02. The Morgan fingerprint density at radius 2 is 1.82 bits per heavy atom. The van der Waals surface area contributed by atoms with Crippen molar-refractivity contribution in [2.45, 2.75) is 56.8 Å². The highest BCUT2D eigenvalue weighted by atomic mass is 16.1. The highest BCUT2D eigenvalue weighted by Gasteiger charge is 2.50. The summed E-state index contributed by atoms with van der Waals surface area (Å²) in [6, 6.07) is 8.68. The normalized spacial score (nSPS) is 22.6. The van der Waals surface area contributed by atoms with Gasteiger partial charge in [0.05, 0.1) is 5.41 Å². The van der Waals surface area contributed by atoms with Gasteiger partial charge in [-0.1, -0.05) is 37.1 Å². The fourth-order valence-electron chi connectivity index (χ4n) is 3.46. The van der Waals surface area contributed by atoms with Gasteiger partial charge in [-0.15, -0.1) is 0 Å². The molecule has 2 aliphatic rings. The van der Waals surface area contributed by atoms with E-state index in [9.17, 15) is 4.79 Å². The van der Waals surface area contributed by atoms with Gasteiger partial charge in [-0.3, -0.25) is 4.79 Å². The summed E-state index contributed by atoms with van der Waals surface area (Å²) in [6.45, 7) is 1.76. The highest BCUT2D eigenvalue weighted by Crippen LogP contribution is 2.52. The van der Waals surface area contributed by atoms with Crippen LogP contribution >= 0.6 is 0 Å². The predicted molar refractivity (Wildman–Crippen MR) is 69.2 cm³/mol. The number of rotatable bonds is 3. The van der Waals surface area contributed by atoms with Gasteiger partial charge in [0.2, 0.25) is 0 Å². The fraction of sp³-hybridized carbons (Fsp3) is 0.562. The molecule has 0 spiro atoms. The smallest absolute Gasteiger partial charge is 0.140 e. The third-order valence-corrected chi connectivity index (χ3v) is 4.70. The van der Waals surface area contributed by atoms with E-state index >= 15 is 0 Å². The lowest BCUT2D eigenvalue weighted by atomic mass is 9.83. The van der Waals surface area contributed by atoms with Gasteiger partial charge >= 0.3 is 0 Å². The van der Waals surface area contributed by atoms with Crippen LogP contribution in [0.1, 0.15) is 62.5 Å². The molecule has 2 aliphatic carbocycles. The Hall–Kier alpha value is -1.11. The maximum Gasteiger partial charge on any atom is 0.140 e. The maximum absolute atomic E-state index is 11.9. The second kappa shape index (κ2) is 3.97. The quantitative estimate of drug-likeness (QED) is 0.765. The third kappa shape index (κ3) is 1.72. The summed E-state index contributed by atoms with van der Waals surface area (Å²) >= 11 is 0. The van der Waals surface area contributed by atoms with E-state index in [0.29, 0.717) is 11.7 Å². The molecule has 0 N–H and O–H groups in total.